The molecule has 2 heterocycles. The molecule has 0 saturated heterocycles. The number of nitrogens with one attached hydrogen (secondary N) is 2. The first kappa shape index (κ1) is 14.0. The van der Waals surface area contributed by atoms with Crippen LogP contribution in [0.1, 0.15) is 13.8 Å². The van der Waals surface area contributed by atoms with Gasteiger partial charge in [0.25, 0.3) is 0 Å². The van der Waals surface area contributed by atoms with Crippen molar-refractivity contribution in [2.45, 2.75) is 26.5 Å². The number of rotatable bonds is 7. The molecule has 0 aliphatic heterocycles. The highest BCUT2D eigenvalue weighted by Crippen LogP contribution is 2.11. The second-order valence-corrected chi connectivity index (χ2v) is 4.27. The van der Waals surface area contributed by atoms with Crippen molar-refractivity contribution in [1.82, 2.24) is 24.7 Å². The number of aromatic nitrogens is 5. The third-order valence-electron chi connectivity index (χ3n) is 2.27. The fourth-order valence-electron chi connectivity index (χ4n) is 1.48. The monoisotopic (exact) mass is 278 g/mol. The maximum Gasteiger partial charge on any atom is 0.323 e. The Kier molecular flexibility index (Phi) is 4.66. The molecule has 2 aromatic rings. The van der Waals surface area contributed by atoms with Crippen LogP contribution in [0.15, 0.2) is 18.5 Å². The minimum atomic E-state index is -0.0278. The topological polar surface area (TPSA) is 116 Å². The van der Waals surface area contributed by atoms with Crippen LogP contribution in [0, 0.1) is 0 Å². The molecule has 0 aliphatic rings. The van der Waals surface area contributed by atoms with E-state index in [2.05, 4.69) is 30.8 Å². The number of hydrogen-bond acceptors (Lipinski definition) is 8. The molecule has 2 aromatic heterocycles. The van der Waals surface area contributed by atoms with Gasteiger partial charge in [0.05, 0.1) is 12.6 Å². The Bertz CT molecular complexity index is 527. The molecule has 0 aromatic carbocycles. The Morgan fingerprint density at radius 3 is 2.75 bits per heavy atom. The van der Waals surface area contributed by atoms with Gasteiger partial charge in [-0.05, 0) is 19.9 Å². The van der Waals surface area contributed by atoms with Crippen LogP contribution >= 0.6 is 0 Å². The molecule has 9 heteroatoms. The molecule has 20 heavy (non-hydrogen) atoms. The summed E-state index contributed by atoms with van der Waals surface area (Å²) in [5, 5.41) is 7.18. The fourth-order valence-corrected chi connectivity index (χ4v) is 1.48. The average Bonchev–Trinajstić information content (AvgIpc) is 2.91. The SMILES string of the molecule is CC(C)Oc1nc(NN)nc(NCCn2cccn2)n1. The molecule has 9 nitrogen and oxygen atoms in total. The summed E-state index contributed by atoms with van der Waals surface area (Å²) in [5.74, 6) is 5.97. The van der Waals surface area contributed by atoms with Gasteiger partial charge in [0.2, 0.25) is 11.9 Å². The highest BCUT2D eigenvalue weighted by atomic mass is 16.5. The van der Waals surface area contributed by atoms with Gasteiger partial charge in [-0.2, -0.15) is 20.1 Å². The molecule has 2 rings (SSSR count). The van der Waals surface area contributed by atoms with Gasteiger partial charge in [-0.25, -0.2) is 5.84 Å². The molecular weight excluding hydrogens is 260 g/mol. The van der Waals surface area contributed by atoms with Crippen molar-refractivity contribution in [3.05, 3.63) is 18.5 Å². The Labute approximate surface area is 116 Å². The lowest BCUT2D eigenvalue weighted by molar-refractivity contribution is 0.222. The predicted molar refractivity (Wildman–Crippen MR) is 74.1 cm³/mol. The number of hydrogen-bond donors (Lipinski definition) is 3. The maximum absolute atomic E-state index is 5.43. The van der Waals surface area contributed by atoms with E-state index in [1.54, 1.807) is 6.20 Å². The number of nitrogen functional groups attached to an aromatic ring is 1. The van der Waals surface area contributed by atoms with Crippen LogP contribution in [-0.4, -0.2) is 37.4 Å². The standard InChI is InChI=1S/C11H18N8O/c1-8(2)20-11-16-9(15-10(17-11)18-12)13-5-7-19-6-3-4-14-19/h3-4,6,8H,5,7,12H2,1-2H3,(H2,13,15,16,17,18). The lowest BCUT2D eigenvalue weighted by Crippen LogP contribution is -2.18. The summed E-state index contributed by atoms with van der Waals surface area (Å²) in [7, 11) is 0. The summed E-state index contributed by atoms with van der Waals surface area (Å²) in [4.78, 5) is 12.3. The Balaban J connectivity index is 1.98. The molecule has 4 N–H and O–H groups in total. The summed E-state index contributed by atoms with van der Waals surface area (Å²) >= 11 is 0. The summed E-state index contributed by atoms with van der Waals surface area (Å²) in [6.45, 7) is 5.11. The van der Waals surface area contributed by atoms with Crippen LogP contribution in [0.3, 0.4) is 0 Å². The second-order valence-electron chi connectivity index (χ2n) is 4.27. The van der Waals surface area contributed by atoms with Crippen molar-refractivity contribution < 1.29 is 4.74 Å². The Hall–Kier alpha value is -2.42. The van der Waals surface area contributed by atoms with E-state index >= 15 is 0 Å². The smallest absolute Gasteiger partial charge is 0.323 e. The summed E-state index contributed by atoms with van der Waals surface area (Å²) in [6.07, 6.45) is 3.59. The Morgan fingerprint density at radius 2 is 2.10 bits per heavy atom. The summed E-state index contributed by atoms with van der Waals surface area (Å²) in [6, 6.07) is 2.10. The van der Waals surface area contributed by atoms with Crippen LogP contribution in [0.25, 0.3) is 0 Å². The molecule has 0 aliphatic carbocycles. The third kappa shape index (κ3) is 4.05. The molecule has 108 valence electrons. The first-order valence-electron chi connectivity index (χ1n) is 6.28. The quantitative estimate of drug-likeness (QED) is 0.487. The molecular formula is C11H18N8O. The minimum Gasteiger partial charge on any atom is -0.461 e. The zero-order valence-electron chi connectivity index (χ0n) is 11.4. The van der Waals surface area contributed by atoms with Crippen LogP contribution in [0.2, 0.25) is 0 Å². The first-order valence-corrected chi connectivity index (χ1v) is 6.28. The Morgan fingerprint density at radius 1 is 1.30 bits per heavy atom. The predicted octanol–water partition coefficient (Wildman–Crippen LogP) is 0.253. The molecule has 0 radical (unpaired) electrons. The van der Waals surface area contributed by atoms with Gasteiger partial charge in [0, 0.05) is 18.9 Å². The normalized spacial score (nSPS) is 10.6. The zero-order valence-corrected chi connectivity index (χ0v) is 11.4. The van der Waals surface area contributed by atoms with Crippen molar-refractivity contribution in [2.75, 3.05) is 17.3 Å². The second kappa shape index (κ2) is 6.66. The highest BCUT2D eigenvalue weighted by molar-refractivity contribution is 5.34. The van der Waals surface area contributed by atoms with Crippen molar-refractivity contribution in [3.8, 4) is 6.01 Å². The maximum atomic E-state index is 5.43. The number of ether oxygens (including phenoxy) is 1. The molecule has 0 atom stereocenters. The number of nitrogens with two attached hydrogens (primary N) is 1. The van der Waals surface area contributed by atoms with Crippen LogP contribution < -0.4 is 21.3 Å². The van der Waals surface area contributed by atoms with Gasteiger partial charge in [-0.15, -0.1) is 0 Å². The van der Waals surface area contributed by atoms with Gasteiger partial charge in [-0.3, -0.25) is 10.1 Å². The molecule has 0 unspecified atom stereocenters. The summed E-state index contributed by atoms with van der Waals surface area (Å²) in [5.41, 5.74) is 2.39. The van der Waals surface area contributed by atoms with Gasteiger partial charge in [0.15, 0.2) is 0 Å². The van der Waals surface area contributed by atoms with E-state index in [-0.39, 0.29) is 18.1 Å². The zero-order chi connectivity index (χ0) is 14.4. The van der Waals surface area contributed by atoms with E-state index in [4.69, 9.17) is 10.6 Å². The molecule has 0 bridgehead atoms. The molecule has 0 fully saturated rings. The van der Waals surface area contributed by atoms with Crippen molar-refractivity contribution in [2.24, 2.45) is 5.84 Å². The number of nitrogens with zero attached hydrogens (tertiary/aromatic N) is 5. The highest BCUT2D eigenvalue weighted by Gasteiger charge is 2.08. The van der Waals surface area contributed by atoms with E-state index in [9.17, 15) is 0 Å². The van der Waals surface area contributed by atoms with Crippen LogP contribution in [-0.2, 0) is 6.54 Å². The first-order chi connectivity index (χ1) is 9.67. The largest absolute Gasteiger partial charge is 0.461 e. The van der Waals surface area contributed by atoms with Crippen LogP contribution in [0.5, 0.6) is 6.01 Å². The van der Waals surface area contributed by atoms with Gasteiger partial charge in [-0.1, -0.05) is 0 Å². The molecule has 0 saturated carbocycles. The van der Waals surface area contributed by atoms with Gasteiger partial charge >= 0.3 is 6.01 Å². The number of anilines is 2. The van der Waals surface area contributed by atoms with Gasteiger partial charge < -0.3 is 10.1 Å². The fraction of sp³-hybridized carbons (Fsp3) is 0.455. The van der Waals surface area contributed by atoms with Crippen molar-refractivity contribution in [1.29, 1.82) is 0 Å². The molecule has 0 amide bonds. The van der Waals surface area contributed by atoms with E-state index in [0.717, 1.165) is 0 Å². The van der Waals surface area contributed by atoms with Gasteiger partial charge in [0.1, 0.15) is 0 Å². The van der Waals surface area contributed by atoms with Crippen LogP contribution in [0.4, 0.5) is 11.9 Å². The van der Waals surface area contributed by atoms with Crippen molar-refractivity contribution in [3.63, 3.8) is 0 Å². The van der Waals surface area contributed by atoms with E-state index in [1.807, 2.05) is 30.8 Å². The summed E-state index contributed by atoms with van der Waals surface area (Å²) < 4.78 is 7.24. The van der Waals surface area contributed by atoms with E-state index in [0.29, 0.717) is 19.0 Å². The van der Waals surface area contributed by atoms with Crippen molar-refractivity contribution >= 4 is 11.9 Å². The van der Waals surface area contributed by atoms with E-state index < -0.39 is 0 Å². The average molecular weight is 278 g/mol. The lowest BCUT2D eigenvalue weighted by Gasteiger charge is -2.11. The minimum absolute atomic E-state index is 0.0278. The molecule has 0 spiro atoms. The lowest BCUT2D eigenvalue weighted by atomic mass is 10.5. The number of hydrazine groups is 1. The third-order valence-corrected chi connectivity index (χ3v) is 2.27. The van der Waals surface area contributed by atoms with E-state index in [1.165, 1.54) is 0 Å².